The highest BCUT2D eigenvalue weighted by Crippen LogP contribution is 2.15. The minimum absolute atomic E-state index is 0.849. The molecule has 1 unspecified atom stereocenters. The maximum atomic E-state index is 3.95. The van der Waals surface area contributed by atoms with Gasteiger partial charge < -0.3 is 0 Å². The molecule has 0 radical (unpaired) electrons. The summed E-state index contributed by atoms with van der Waals surface area (Å²) in [4.78, 5) is 0. The Morgan fingerprint density at radius 2 is 1.82 bits per heavy atom. The van der Waals surface area contributed by atoms with E-state index in [0.29, 0.717) is 0 Å². The zero-order valence-electron chi connectivity index (χ0n) is 11.3. The first-order chi connectivity index (χ1) is 8.33. The Morgan fingerprint density at radius 3 is 2.53 bits per heavy atom. The van der Waals surface area contributed by atoms with Crippen molar-refractivity contribution in [2.24, 2.45) is 5.92 Å². The van der Waals surface area contributed by atoms with Crippen molar-refractivity contribution in [2.75, 3.05) is 0 Å². The minimum Gasteiger partial charge on any atom is -0.177 e. The van der Waals surface area contributed by atoms with E-state index in [0.717, 1.165) is 18.2 Å². The second-order valence-corrected chi connectivity index (χ2v) is 5.03. The molecule has 1 aromatic heterocycles. The molecule has 0 amide bonds. The van der Waals surface area contributed by atoms with Crippen LogP contribution < -0.4 is 0 Å². The number of tetrazole rings is 1. The topological polar surface area (TPSA) is 54.5 Å². The molecular weight excluding hydrogens is 212 g/mol. The van der Waals surface area contributed by atoms with E-state index in [2.05, 4.69) is 34.5 Å². The van der Waals surface area contributed by atoms with Crippen LogP contribution in [0.5, 0.6) is 0 Å². The number of rotatable bonds is 10. The number of unbranched alkanes of at least 4 members (excludes halogenated alkanes) is 4. The SMILES string of the molecule is CCCC(C)CCCCCCCc1nn[nH]n1. The summed E-state index contributed by atoms with van der Waals surface area (Å²) in [5.74, 6) is 1.76. The molecule has 0 aliphatic rings. The van der Waals surface area contributed by atoms with Gasteiger partial charge in [0.05, 0.1) is 0 Å². The first kappa shape index (κ1) is 14.1. The van der Waals surface area contributed by atoms with E-state index >= 15 is 0 Å². The van der Waals surface area contributed by atoms with E-state index in [1.807, 2.05) is 0 Å². The normalized spacial score (nSPS) is 12.8. The summed E-state index contributed by atoms with van der Waals surface area (Å²) in [6.07, 6.45) is 11.7. The van der Waals surface area contributed by atoms with Crippen molar-refractivity contribution in [3.8, 4) is 0 Å². The fourth-order valence-electron chi connectivity index (χ4n) is 2.23. The van der Waals surface area contributed by atoms with Gasteiger partial charge in [-0.1, -0.05) is 64.0 Å². The third kappa shape index (κ3) is 7.08. The highest BCUT2D eigenvalue weighted by Gasteiger charge is 2.01. The molecule has 0 aromatic carbocycles. The lowest BCUT2D eigenvalue weighted by molar-refractivity contribution is 0.452. The van der Waals surface area contributed by atoms with E-state index in [9.17, 15) is 0 Å². The van der Waals surface area contributed by atoms with E-state index in [-0.39, 0.29) is 0 Å². The lowest BCUT2D eigenvalue weighted by atomic mass is 9.98. The first-order valence-electron chi connectivity index (χ1n) is 7.05. The number of aromatic amines is 1. The summed E-state index contributed by atoms with van der Waals surface area (Å²) < 4.78 is 0. The van der Waals surface area contributed by atoms with Crippen molar-refractivity contribution >= 4 is 0 Å². The average Bonchev–Trinajstić information content (AvgIpc) is 2.81. The van der Waals surface area contributed by atoms with Crippen LogP contribution in [0.4, 0.5) is 0 Å². The Kier molecular flexibility index (Phi) is 7.60. The van der Waals surface area contributed by atoms with Crippen LogP contribution in [0.2, 0.25) is 0 Å². The van der Waals surface area contributed by atoms with Gasteiger partial charge >= 0.3 is 0 Å². The maximum absolute atomic E-state index is 3.95. The largest absolute Gasteiger partial charge is 0.177 e. The van der Waals surface area contributed by atoms with E-state index in [1.54, 1.807) is 0 Å². The second kappa shape index (κ2) is 9.14. The Balaban J connectivity index is 1.84. The highest BCUT2D eigenvalue weighted by atomic mass is 15.5. The molecule has 0 bridgehead atoms. The zero-order valence-corrected chi connectivity index (χ0v) is 11.3. The molecule has 17 heavy (non-hydrogen) atoms. The summed E-state index contributed by atoms with van der Waals surface area (Å²) in [5.41, 5.74) is 0. The molecule has 0 spiro atoms. The zero-order chi connectivity index (χ0) is 12.3. The first-order valence-corrected chi connectivity index (χ1v) is 7.05. The van der Waals surface area contributed by atoms with Gasteiger partial charge in [0, 0.05) is 6.42 Å². The third-order valence-electron chi connectivity index (χ3n) is 3.27. The predicted octanol–water partition coefficient (Wildman–Crippen LogP) is 3.52. The molecular formula is C13H26N4. The van der Waals surface area contributed by atoms with Crippen LogP contribution in [-0.4, -0.2) is 20.6 Å². The van der Waals surface area contributed by atoms with E-state index < -0.39 is 0 Å². The number of H-pyrrole nitrogens is 1. The monoisotopic (exact) mass is 238 g/mol. The van der Waals surface area contributed by atoms with Crippen LogP contribution in [0.25, 0.3) is 0 Å². The molecule has 4 nitrogen and oxygen atoms in total. The van der Waals surface area contributed by atoms with Gasteiger partial charge in [-0.15, -0.1) is 10.2 Å². The minimum atomic E-state index is 0.849. The van der Waals surface area contributed by atoms with Gasteiger partial charge in [-0.25, -0.2) is 0 Å². The average molecular weight is 238 g/mol. The molecule has 1 atom stereocenters. The fraction of sp³-hybridized carbons (Fsp3) is 0.923. The summed E-state index contributed by atoms with van der Waals surface area (Å²) in [6.45, 7) is 4.65. The Bertz CT molecular complexity index is 258. The Morgan fingerprint density at radius 1 is 1.06 bits per heavy atom. The molecule has 0 fully saturated rings. The smallest absolute Gasteiger partial charge is 0.174 e. The summed E-state index contributed by atoms with van der Waals surface area (Å²) in [7, 11) is 0. The third-order valence-corrected chi connectivity index (χ3v) is 3.27. The van der Waals surface area contributed by atoms with Crippen LogP contribution in [0.15, 0.2) is 0 Å². The lowest BCUT2D eigenvalue weighted by Gasteiger charge is -2.08. The molecule has 1 N–H and O–H groups in total. The number of aromatic nitrogens is 4. The predicted molar refractivity (Wildman–Crippen MR) is 69.7 cm³/mol. The van der Waals surface area contributed by atoms with Gasteiger partial charge in [-0.05, 0) is 12.3 Å². The van der Waals surface area contributed by atoms with Gasteiger partial charge in [0.1, 0.15) is 0 Å². The number of nitrogens with zero attached hydrogens (tertiary/aromatic N) is 3. The van der Waals surface area contributed by atoms with Gasteiger partial charge in [0.2, 0.25) is 0 Å². The van der Waals surface area contributed by atoms with Crippen molar-refractivity contribution in [3.05, 3.63) is 5.82 Å². The van der Waals surface area contributed by atoms with Gasteiger partial charge in [0.25, 0.3) is 0 Å². The van der Waals surface area contributed by atoms with E-state index in [1.165, 1.54) is 51.4 Å². The number of hydrogen-bond acceptors (Lipinski definition) is 3. The number of nitrogens with one attached hydrogen (secondary N) is 1. The van der Waals surface area contributed by atoms with E-state index in [4.69, 9.17) is 0 Å². The molecule has 0 saturated carbocycles. The molecule has 0 aliphatic heterocycles. The maximum Gasteiger partial charge on any atom is 0.174 e. The van der Waals surface area contributed by atoms with Crippen LogP contribution in [0, 0.1) is 5.92 Å². The summed E-state index contributed by atoms with van der Waals surface area (Å²) in [5, 5.41) is 13.9. The molecule has 98 valence electrons. The van der Waals surface area contributed by atoms with Gasteiger partial charge in [-0.3, -0.25) is 0 Å². The van der Waals surface area contributed by atoms with Crippen molar-refractivity contribution in [1.29, 1.82) is 0 Å². The highest BCUT2D eigenvalue weighted by molar-refractivity contribution is 4.74. The van der Waals surface area contributed by atoms with Gasteiger partial charge in [0.15, 0.2) is 5.82 Å². The molecule has 4 heteroatoms. The van der Waals surface area contributed by atoms with Crippen LogP contribution in [0.3, 0.4) is 0 Å². The van der Waals surface area contributed by atoms with Crippen molar-refractivity contribution in [3.63, 3.8) is 0 Å². The summed E-state index contributed by atoms with van der Waals surface area (Å²) >= 11 is 0. The van der Waals surface area contributed by atoms with Crippen LogP contribution in [0.1, 0.15) is 71.0 Å². The fourth-order valence-corrected chi connectivity index (χ4v) is 2.23. The van der Waals surface area contributed by atoms with Gasteiger partial charge in [-0.2, -0.15) is 5.21 Å². The second-order valence-electron chi connectivity index (χ2n) is 5.03. The standard InChI is InChI=1S/C13H26N4/c1-3-9-12(2)10-7-5-4-6-8-11-13-14-16-17-15-13/h12H,3-11H2,1-2H3,(H,14,15,16,17). The Hall–Kier alpha value is -0.930. The van der Waals surface area contributed by atoms with Crippen molar-refractivity contribution in [1.82, 2.24) is 20.6 Å². The number of hydrogen-bond donors (Lipinski definition) is 1. The molecule has 0 saturated heterocycles. The molecule has 1 rings (SSSR count). The lowest BCUT2D eigenvalue weighted by Crippen LogP contribution is -1.94. The van der Waals surface area contributed by atoms with Crippen LogP contribution in [-0.2, 0) is 6.42 Å². The Labute approximate surface area is 105 Å². The molecule has 1 aromatic rings. The summed E-state index contributed by atoms with van der Waals surface area (Å²) in [6, 6.07) is 0. The van der Waals surface area contributed by atoms with Crippen LogP contribution >= 0.6 is 0 Å². The quantitative estimate of drug-likeness (QED) is 0.634. The molecule has 0 aliphatic carbocycles. The molecule has 1 heterocycles. The van der Waals surface area contributed by atoms with Crippen molar-refractivity contribution < 1.29 is 0 Å². The van der Waals surface area contributed by atoms with Crippen molar-refractivity contribution in [2.45, 2.75) is 71.6 Å². The number of aryl methyl sites for hydroxylation is 1.